The van der Waals surface area contributed by atoms with Crippen molar-refractivity contribution in [3.63, 3.8) is 0 Å². The number of hydrogen-bond acceptors (Lipinski definition) is 7. The number of aliphatic hydroxyl groups excluding tert-OH is 1. The molecule has 3 aromatic rings. The lowest BCUT2D eigenvalue weighted by molar-refractivity contribution is -0.207. The van der Waals surface area contributed by atoms with Crippen molar-refractivity contribution in [1.82, 2.24) is 34.4 Å². The minimum atomic E-state index is -5.02. The lowest BCUT2D eigenvalue weighted by Gasteiger charge is -2.27. The molecule has 1 unspecified atom stereocenters. The summed E-state index contributed by atoms with van der Waals surface area (Å²) in [6.45, 7) is -2.03. The molecule has 1 saturated heterocycles. The SMILES string of the molecule is O=C1CN(c2nc(Cn3nc(-c4ccc(Cl)cc4)n(CC(O)C(F)(F)F)c3=O)nn2CCC(F)(F)F)CCN1. The average Bonchev–Trinajstić information content (AvgIpc) is 3.39. The molecule has 1 aromatic carbocycles. The van der Waals surface area contributed by atoms with E-state index in [1.165, 1.54) is 29.2 Å². The van der Waals surface area contributed by atoms with Gasteiger partial charge in [0.25, 0.3) is 0 Å². The van der Waals surface area contributed by atoms with Crippen molar-refractivity contribution < 1.29 is 36.2 Å². The second-order valence-corrected chi connectivity index (χ2v) is 9.06. The molecule has 18 heteroatoms. The van der Waals surface area contributed by atoms with E-state index in [9.17, 15) is 41.0 Å². The zero-order chi connectivity index (χ0) is 28.5. The molecule has 3 heterocycles. The molecular weight excluding hydrogens is 562 g/mol. The fourth-order valence-electron chi connectivity index (χ4n) is 3.80. The fourth-order valence-corrected chi connectivity index (χ4v) is 3.93. The van der Waals surface area contributed by atoms with Crippen LogP contribution in [0.2, 0.25) is 5.02 Å². The third-order valence-corrected chi connectivity index (χ3v) is 5.93. The van der Waals surface area contributed by atoms with E-state index in [1.807, 2.05) is 0 Å². The number of hydrogen-bond donors (Lipinski definition) is 2. The number of aromatic nitrogens is 6. The number of carbonyl (C=O) groups is 1. The van der Waals surface area contributed by atoms with Crippen LogP contribution < -0.4 is 15.9 Å². The molecule has 2 N–H and O–H groups in total. The summed E-state index contributed by atoms with van der Waals surface area (Å²) in [5.41, 5.74) is -0.831. The van der Waals surface area contributed by atoms with Gasteiger partial charge in [-0.1, -0.05) is 11.6 Å². The molecule has 11 nitrogen and oxygen atoms in total. The number of piperazine rings is 1. The second kappa shape index (κ2) is 10.9. The second-order valence-electron chi connectivity index (χ2n) is 8.63. The largest absolute Gasteiger partial charge is 0.416 e. The monoisotopic (exact) mass is 582 g/mol. The smallest absolute Gasteiger partial charge is 0.382 e. The van der Waals surface area contributed by atoms with Gasteiger partial charge in [-0.25, -0.2) is 14.2 Å². The van der Waals surface area contributed by atoms with Crippen LogP contribution in [0.3, 0.4) is 0 Å². The molecule has 0 saturated carbocycles. The summed E-state index contributed by atoms with van der Waals surface area (Å²) in [7, 11) is 0. The maximum Gasteiger partial charge on any atom is 0.416 e. The van der Waals surface area contributed by atoms with Crippen molar-refractivity contribution in [3.8, 4) is 11.4 Å². The molecule has 1 amide bonds. The highest BCUT2D eigenvalue weighted by Crippen LogP contribution is 2.25. The summed E-state index contributed by atoms with van der Waals surface area (Å²) < 4.78 is 80.2. The van der Waals surface area contributed by atoms with Gasteiger partial charge < -0.3 is 15.3 Å². The average molecular weight is 583 g/mol. The summed E-state index contributed by atoms with van der Waals surface area (Å²) in [6.07, 6.45) is -13.7. The number of anilines is 1. The van der Waals surface area contributed by atoms with Crippen LogP contribution in [0.1, 0.15) is 12.2 Å². The third-order valence-electron chi connectivity index (χ3n) is 5.67. The van der Waals surface area contributed by atoms with Crippen molar-refractivity contribution in [2.24, 2.45) is 0 Å². The minimum Gasteiger partial charge on any atom is -0.382 e. The first-order valence-electron chi connectivity index (χ1n) is 11.4. The molecule has 39 heavy (non-hydrogen) atoms. The molecular formula is C21H21ClF6N8O3. The van der Waals surface area contributed by atoms with Gasteiger partial charge in [0.15, 0.2) is 17.8 Å². The van der Waals surface area contributed by atoms with Crippen LogP contribution in [-0.2, 0) is 24.4 Å². The zero-order valence-electron chi connectivity index (χ0n) is 19.9. The van der Waals surface area contributed by atoms with E-state index < -0.39 is 50.2 Å². The van der Waals surface area contributed by atoms with Crippen LogP contribution >= 0.6 is 11.6 Å². The molecule has 1 aliphatic rings. The summed E-state index contributed by atoms with van der Waals surface area (Å²) >= 11 is 5.87. The summed E-state index contributed by atoms with van der Waals surface area (Å²) in [4.78, 5) is 30.5. The van der Waals surface area contributed by atoms with Gasteiger partial charge in [-0.15, -0.1) is 5.10 Å². The van der Waals surface area contributed by atoms with Gasteiger partial charge in [0.2, 0.25) is 11.9 Å². The normalized spacial score (nSPS) is 15.5. The predicted molar refractivity (Wildman–Crippen MR) is 124 cm³/mol. The van der Waals surface area contributed by atoms with Crippen LogP contribution in [0.25, 0.3) is 11.4 Å². The predicted octanol–water partition coefficient (Wildman–Crippen LogP) is 1.82. The van der Waals surface area contributed by atoms with Gasteiger partial charge in [0.05, 0.1) is 26.1 Å². The third kappa shape index (κ3) is 6.89. The van der Waals surface area contributed by atoms with E-state index in [4.69, 9.17) is 11.6 Å². The molecule has 0 aliphatic carbocycles. The van der Waals surface area contributed by atoms with Crippen molar-refractivity contribution in [1.29, 1.82) is 0 Å². The Hall–Kier alpha value is -3.60. The van der Waals surface area contributed by atoms with Gasteiger partial charge in [0, 0.05) is 23.7 Å². The van der Waals surface area contributed by atoms with Crippen LogP contribution in [0, 0.1) is 0 Å². The first-order valence-corrected chi connectivity index (χ1v) is 11.8. The highest BCUT2D eigenvalue weighted by molar-refractivity contribution is 6.30. The first kappa shape index (κ1) is 28.4. The molecule has 1 fully saturated rings. The van der Waals surface area contributed by atoms with Gasteiger partial charge in [-0.05, 0) is 24.3 Å². The Bertz CT molecular complexity index is 1380. The summed E-state index contributed by atoms with van der Waals surface area (Å²) in [5.74, 6) is -0.797. The van der Waals surface area contributed by atoms with Crippen LogP contribution in [0.15, 0.2) is 29.1 Å². The Labute approximate surface area is 220 Å². The van der Waals surface area contributed by atoms with E-state index >= 15 is 0 Å². The Morgan fingerprint density at radius 2 is 1.74 bits per heavy atom. The number of carbonyl (C=O) groups excluding carboxylic acids is 1. The number of amides is 1. The lowest BCUT2D eigenvalue weighted by atomic mass is 10.2. The number of aryl methyl sites for hydroxylation is 1. The minimum absolute atomic E-state index is 0.0398. The zero-order valence-corrected chi connectivity index (χ0v) is 20.6. The quantitative estimate of drug-likeness (QED) is 0.389. The number of aliphatic hydroxyl groups is 1. The molecule has 4 rings (SSSR count). The number of nitrogens with zero attached hydrogens (tertiary/aromatic N) is 7. The maximum absolute atomic E-state index is 13.1. The Morgan fingerprint density at radius 3 is 2.36 bits per heavy atom. The summed E-state index contributed by atoms with van der Waals surface area (Å²) in [5, 5.41) is 20.6. The summed E-state index contributed by atoms with van der Waals surface area (Å²) in [6, 6.07) is 5.68. The number of rotatable bonds is 8. The van der Waals surface area contributed by atoms with E-state index in [0.717, 1.165) is 9.36 Å². The van der Waals surface area contributed by atoms with Crippen molar-refractivity contribution in [2.45, 2.75) is 44.5 Å². The van der Waals surface area contributed by atoms with Crippen molar-refractivity contribution in [2.75, 3.05) is 24.5 Å². The van der Waals surface area contributed by atoms with Crippen molar-refractivity contribution in [3.05, 3.63) is 45.6 Å². The standard InChI is InChI=1S/C21H21ClF6N8O3/c22-13-3-1-12(2-4-13)17-32-36(19(39)34(17)9-14(37)21(26,27)28)10-15-30-18(33-8-6-29-16(38)11-33)35(31-15)7-5-20(23,24)25/h1-4,14,37H,5-11H2,(H,29,38). The molecule has 0 bridgehead atoms. The van der Waals surface area contributed by atoms with Crippen LogP contribution in [-0.4, -0.2) is 78.2 Å². The molecule has 0 radical (unpaired) electrons. The van der Waals surface area contributed by atoms with E-state index in [-0.39, 0.29) is 48.7 Å². The highest BCUT2D eigenvalue weighted by atomic mass is 35.5. The number of alkyl halides is 6. The topological polar surface area (TPSA) is 123 Å². The molecule has 0 spiro atoms. The molecule has 1 atom stereocenters. The Morgan fingerprint density at radius 1 is 1.05 bits per heavy atom. The number of nitrogens with one attached hydrogen (secondary N) is 1. The maximum atomic E-state index is 13.1. The molecule has 212 valence electrons. The lowest BCUT2D eigenvalue weighted by Crippen LogP contribution is -2.48. The number of halogens is 7. The molecule has 2 aromatic heterocycles. The van der Waals surface area contributed by atoms with Crippen LogP contribution in [0.5, 0.6) is 0 Å². The Balaban J connectivity index is 1.71. The molecule has 1 aliphatic heterocycles. The van der Waals surface area contributed by atoms with Gasteiger partial charge >= 0.3 is 18.0 Å². The van der Waals surface area contributed by atoms with E-state index in [0.29, 0.717) is 9.59 Å². The van der Waals surface area contributed by atoms with Gasteiger partial charge in [-0.3, -0.25) is 9.36 Å². The Kier molecular flexibility index (Phi) is 7.92. The fraction of sp³-hybridized carbons (Fsp3) is 0.476. The number of benzene rings is 1. The van der Waals surface area contributed by atoms with Crippen LogP contribution in [0.4, 0.5) is 32.3 Å². The van der Waals surface area contributed by atoms with E-state index in [1.54, 1.807) is 0 Å². The highest BCUT2D eigenvalue weighted by Gasteiger charge is 2.39. The van der Waals surface area contributed by atoms with Gasteiger partial charge in [-0.2, -0.15) is 36.4 Å². The van der Waals surface area contributed by atoms with Crippen molar-refractivity contribution >= 4 is 23.5 Å². The van der Waals surface area contributed by atoms with E-state index in [2.05, 4.69) is 20.5 Å². The van der Waals surface area contributed by atoms with Gasteiger partial charge in [0.1, 0.15) is 6.54 Å². The first-order chi connectivity index (χ1) is 18.2.